The van der Waals surface area contributed by atoms with Crippen LogP contribution in [-0.2, 0) is 0 Å². The lowest BCUT2D eigenvalue weighted by Crippen LogP contribution is -2.06. The van der Waals surface area contributed by atoms with Gasteiger partial charge in [-0.05, 0) is 44.9 Å². The summed E-state index contributed by atoms with van der Waals surface area (Å²) in [6.07, 6.45) is 0.243. The van der Waals surface area contributed by atoms with Crippen molar-refractivity contribution in [3.05, 3.63) is 42.0 Å². The van der Waals surface area contributed by atoms with E-state index in [9.17, 15) is 5.11 Å². The van der Waals surface area contributed by atoms with Gasteiger partial charge in [0.1, 0.15) is 5.75 Å². The van der Waals surface area contributed by atoms with Gasteiger partial charge in [-0.25, -0.2) is 0 Å². The average molecular weight is 220 g/mol. The Morgan fingerprint density at radius 1 is 1.44 bits per heavy atom. The van der Waals surface area contributed by atoms with Crippen LogP contribution in [0.4, 0.5) is 0 Å². The van der Waals surface area contributed by atoms with Crippen molar-refractivity contribution in [2.24, 2.45) is 0 Å². The summed E-state index contributed by atoms with van der Waals surface area (Å²) in [6.45, 7) is 9.68. The number of hydrogen-bond acceptors (Lipinski definition) is 2. The van der Waals surface area contributed by atoms with Crippen molar-refractivity contribution < 1.29 is 9.84 Å². The highest BCUT2D eigenvalue weighted by Gasteiger charge is 2.08. The Kier molecular flexibility index (Phi) is 4.56. The second-order valence-electron chi connectivity index (χ2n) is 4.42. The molecule has 0 saturated heterocycles. The molecule has 0 aliphatic rings. The Morgan fingerprint density at radius 2 is 2.12 bits per heavy atom. The van der Waals surface area contributed by atoms with Crippen molar-refractivity contribution in [2.75, 3.05) is 0 Å². The lowest BCUT2D eigenvalue weighted by Gasteiger charge is -2.14. The van der Waals surface area contributed by atoms with Crippen LogP contribution >= 0.6 is 0 Å². The summed E-state index contributed by atoms with van der Waals surface area (Å²) in [5.41, 5.74) is 1.85. The summed E-state index contributed by atoms with van der Waals surface area (Å²) >= 11 is 0. The molecular weight excluding hydrogens is 200 g/mol. The summed E-state index contributed by atoms with van der Waals surface area (Å²) in [5, 5.41) is 9.93. The van der Waals surface area contributed by atoms with Gasteiger partial charge in [-0.1, -0.05) is 17.7 Å². The van der Waals surface area contributed by atoms with E-state index in [0.717, 1.165) is 16.9 Å². The summed E-state index contributed by atoms with van der Waals surface area (Å²) in [4.78, 5) is 0. The molecule has 2 nitrogen and oxygen atoms in total. The smallest absolute Gasteiger partial charge is 0.120 e. The normalized spacial score (nSPS) is 12.6. The molecule has 0 aliphatic carbocycles. The SMILES string of the molecule is C=C(C)CC(O)c1cccc(OC(C)C)c1. The standard InChI is InChI=1S/C14H20O2/c1-10(2)8-14(15)12-6-5-7-13(9-12)16-11(3)4/h5-7,9,11,14-15H,1,8H2,2-4H3. The molecule has 0 radical (unpaired) electrons. The van der Waals surface area contributed by atoms with Crippen LogP contribution in [0.25, 0.3) is 0 Å². The molecule has 0 aliphatic heterocycles. The van der Waals surface area contributed by atoms with Crippen molar-refractivity contribution in [1.82, 2.24) is 0 Å². The van der Waals surface area contributed by atoms with Gasteiger partial charge in [0, 0.05) is 0 Å². The molecule has 88 valence electrons. The van der Waals surface area contributed by atoms with Gasteiger partial charge in [0.2, 0.25) is 0 Å². The van der Waals surface area contributed by atoms with Crippen molar-refractivity contribution >= 4 is 0 Å². The Balaban J connectivity index is 2.77. The minimum Gasteiger partial charge on any atom is -0.491 e. The van der Waals surface area contributed by atoms with Crippen molar-refractivity contribution in [3.63, 3.8) is 0 Å². The largest absolute Gasteiger partial charge is 0.491 e. The highest BCUT2D eigenvalue weighted by Crippen LogP contribution is 2.24. The molecule has 0 fully saturated rings. The molecular formula is C14H20O2. The fraction of sp³-hybridized carbons (Fsp3) is 0.429. The van der Waals surface area contributed by atoms with E-state index in [4.69, 9.17) is 4.74 Å². The summed E-state index contributed by atoms with van der Waals surface area (Å²) in [6, 6.07) is 7.58. The lowest BCUT2D eigenvalue weighted by atomic mass is 10.0. The van der Waals surface area contributed by atoms with Crippen molar-refractivity contribution in [3.8, 4) is 5.75 Å². The van der Waals surface area contributed by atoms with Crippen LogP contribution in [-0.4, -0.2) is 11.2 Å². The third kappa shape index (κ3) is 4.07. The van der Waals surface area contributed by atoms with Gasteiger partial charge >= 0.3 is 0 Å². The molecule has 16 heavy (non-hydrogen) atoms. The van der Waals surface area contributed by atoms with Crippen LogP contribution in [0.5, 0.6) is 5.75 Å². The molecule has 0 heterocycles. The first-order valence-electron chi connectivity index (χ1n) is 5.58. The first-order chi connectivity index (χ1) is 7.49. The highest BCUT2D eigenvalue weighted by atomic mass is 16.5. The second kappa shape index (κ2) is 5.71. The molecule has 1 unspecified atom stereocenters. The maximum Gasteiger partial charge on any atom is 0.120 e. The molecule has 0 spiro atoms. The van der Waals surface area contributed by atoms with Crippen LogP contribution < -0.4 is 4.74 Å². The van der Waals surface area contributed by atoms with Gasteiger partial charge in [0.25, 0.3) is 0 Å². The van der Waals surface area contributed by atoms with E-state index in [1.807, 2.05) is 45.0 Å². The summed E-state index contributed by atoms with van der Waals surface area (Å²) < 4.78 is 5.58. The molecule has 1 aromatic carbocycles. The first kappa shape index (κ1) is 12.8. The van der Waals surface area contributed by atoms with E-state index >= 15 is 0 Å². The van der Waals surface area contributed by atoms with E-state index in [1.54, 1.807) is 0 Å². The number of hydrogen-bond donors (Lipinski definition) is 1. The number of aliphatic hydroxyl groups excluding tert-OH is 1. The summed E-state index contributed by atoms with van der Waals surface area (Å²) in [7, 11) is 0. The Bertz CT molecular complexity index is 356. The summed E-state index contributed by atoms with van der Waals surface area (Å²) in [5.74, 6) is 0.799. The van der Waals surface area contributed by atoms with Crippen LogP contribution in [0.1, 0.15) is 38.9 Å². The fourth-order valence-electron chi connectivity index (χ4n) is 1.52. The molecule has 0 amide bonds. The Labute approximate surface area is 97.6 Å². The molecule has 0 bridgehead atoms. The van der Waals surface area contributed by atoms with Gasteiger partial charge in [0.05, 0.1) is 12.2 Å². The van der Waals surface area contributed by atoms with Crippen LogP contribution in [0.3, 0.4) is 0 Å². The maximum absolute atomic E-state index is 9.93. The highest BCUT2D eigenvalue weighted by molar-refractivity contribution is 5.30. The minimum atomic E-state index is -0.492. The van der Waals surface area contributed by atoms with Crippen molar-refractivity contribution in [1.29, 1.82) is 0 Å². The predicted octanol–water partition coefficient (Wildman–Crippen LogP) is 3.47. The van der Waals surface area contributed by atoms with E-state index in [2.05, 4.69) is 6.58 Å². The van der Waals surface area contributed by atoms with E-state index in [-0.39, 0.29) is 6.10 Å². The van der Waals surface area contributed by atoms with Crippen LogP contribution in [0.2, 0.25) is 0 Å². The van der Waals surface area contributed by atoms with Crippen LogP contribution in [0, 0.1) is 0 Å². The molecule has 0 saturated carbocycles. The van der Waals surface area contributed by atoms with Gasteiger partial charge in [-0.3, -0.25) is 0 Å². The zero-order chi connectivity index (χ0) is 12.1. The number of benzene rings is 1. The van der Waals surface area contributed by atoms with E-state index in [1.165, 1.54) is 0 Å². The predicted molar refractivity (Wildman–Crippen MR) is 66.6 cm³/mol. The van der Waals surface area contributed by atoms with E-state index in [0.29, 0.717) is 6.42 Å². The topological polar surface area (TPSA) is 29.5 Å². The average Bonchev–Trinajstić information content (AvgIpc) is 2.16. The van der Waals surface area contributed by atoms with Gasteiger partial charge in [0.15, 0.2) is 0 Å². The molecule has 1 rings (SSSR count). The van der Waals surface area contributed by atoms with Crippen molar-refractivity contribution in [2.45, 2.75) is 39.4 Å². The minimum absolute atomic E-state index is 0.147. The number of rotatable bonds is 5. The first-order valence-corrected chi connectivity index (χ1v) is 5.58. The maximum atomic E-state index is 9.93. The third-order valence-electron chi connectivity index (χ3n) is 2.16. The molecule has 1 atom stereocenters. The number of ether oxygens (including phenoxy) is 1. The molecule has 2 heteroatoms. The van der Waals surface area contributed by atoms with Gasteiger partial charge in [-0.15, -0.1) is 6.58 Å². The second-order valence-corrected chi connectivity index (χ2v) is 4.42. The van der Waals surface area contributed by atoms with Crippen LogP contribution in [0.15, 0.2) is 36.4 Å². The molecule has 1 aromatic rings. The lowest BCUT2D eigenvalue weighted by molar-refractivity contribution is 0.177. The van der Waals surface area contributed by atoms with E-state index < -0.39 is 6.10 Å². The van der Waals surface area contributed by atoms with Gasteiger partial charge < -0.3 is 9.84 Å². The zero-order valence-corrected chi connectivity index (χ0v) is 10.2. The quantitative estimate of drug-likeness (QED) is 0.770. The Morgan fingerprint density at radius 3 is 2.69 bits per heavy atom. The zero-order valence-electron chi connectivity index (χ0n) is 10.2. The Hall–Kier alpha value is -1.28. The molecule has 0 aromatic heterocycles. The number of aliphatic hydroxyl groups is 1. The third-order valence-corrected chi connectivity index (χ3v) is 2.16. The molecule has 1 N–H and O–H groups in total. The van der Waals surface area contributed by atoms with Gasteiger partial charge in [-0.2, -0.15) is 0 Å². The fourth-order valence-corrected chi connectivity index (χ4v) is 1.52. The monoisotopic (exact) mass is 220 g/mol.